The number of amides is 2. The fourth-order valence-electron chi connectivity index (χ4n) is 3.56. The Morgan fingerprint density at radius 1 is 0.719 bits per heavy atom. The van der Waals surface area contributed by atoms with Crippen LogP contribution in [0.3, 0.4) is 0 Å². The van der Waals surface area contributed by atoms with Gasteiger partial charge in [-0.3, -0.25) is 9.59 Å². The summed E-state index contributed by atoms with van der Waals surface area (Å²) in [5.41, 5.74) is 1.97. The van der Waals surface area contributed by atoms with Crippen LogP contribution >= 0.6 is 0 Å². The Kier molecular flexibility index (Phi) is 5.81. The SMILES string of the molecule is COc1cc(OC)cc(N2C(=O)C(Nc3ccccc3OC)=C(c3ccccc3)C2=O)c1. The second-order valence-electron chi connectivity index (χ2n) is 6.96. The summed E-state index contributed by atoms with van der Waals surface area (Å²) in [6.07, 6.45) is 0. The standard InChI is InChI=1S/C25H22N2O5/c1-30-18-13-17(14-19(15-18)31-2)27-24(28)22(16-9-5-4-6-10-16)23(25(27)29)26-20-11-7-8-12-21(20)32-3/h4-15,26H,1-3H3. The molecule has 3 aromatic rings. The second-order valence-corrected chi connectivity index (χ2v) is 6.96. The quantitative estimate of drug-likeness (QED) is 0.569. The lowest BCUT2D eigenvalue weighted by atomic mass is 10.0. The molecule has 7 nitrogen and oxygen atoms in total. The number of ether oxygens (including phenoxy) is 3. The Labute approximate surface area is 185 Å². The molecule has 0 bridgehead atoms. The first-order chi connectivity index (χ1) is 15.6. The van der Waals surface area contributed by atoms with E-state index in [4.69, 9.17) is 14.2 Å². The lowest BCUT2D eigenvalue weighted by molar-refractivity contribution is -0.120. The van der Waals surface area contributed by atoms with Crippen LogP contribution in [-0.2, 0) is 9.59 Å². The number of carbonyl (C=O) groups excluding carboxylic acids is 2. The number of rotatable bonds is 7. The maximum Gasteiger partial charge on any atom is 0.282 e. The first kappa shape index (κ1) is 21.0. The van der Waals surface area contributed by atoms with Crippen molar-refractivity contribution in [1.82, 2.24) is 0 Å². The van der Waals surface area contributed by atoms with E-state index in [1.54, 1.807) is 49.6 Å². The van der Waals surface area contributed by atoms with Crippen molar-refractivity contribution in [1.29, 1.82) is 0 Å². The van der Waals surface area contributed by atoms with Gasteiger partial charge >= 0.3 is 0 Å². The molecule has 1 aliphatic heterocycles. The average Bonchev–Trinajstić information content (AvgIpc) is 3.08. The van der Waals surface area contributed by atoms with Crippen molar-refractivity contribution in [2.24, 2.45) is 0 Å². The number of carbonyl (C=O) groups is 2. The summed E-state index contributed by atoms with van der Waals surface area (Å²) in [6, 6.07) is 21.2. The molecular formula is C25H22N2O5. The third-order valence-corrected chi connectivity index (χ3v) is 5.11. The fourth-order valence-corrected chi connectivity index (χ4v) is 3.56. The highest BCUT2D eigenvalue weighted by molar-refractivity contribution is 6.46. The number of nitrogens with zero attached hydrogens (tertiary/aromatic N) is 1. The van der Waals surface area contributed by atoms with E-state index in [1.165, 1.54) is 14.2 Å². The van der Waals surface area contributed by atoms with Gasteiger partial charge in [0.05, 0.1) is 38.3 Å². The van der Waals surface area contributed by atoms with Crippen molar-refractivity contribution in [2.75, 3.05) is 31.5 Å². The zero-order valence-corrected chi connectivity index (χ0v) is 17.9. The van der Waals surface area contributed by atoms with E-state index in [1.807, 2.05) is 30.3 Å². The van der Waals surface area contributed by atoms with Gasteiger partial charge in [0, 0.05) is 18.2 Å². The number of anilines is 2. The molecule has 7 heteroatoms. The first-order valence-electron chi connectivity index (χ1n) is 9.89. The van der Waals surface area contributed by atoms with Crippen molar-refractivity contribution >= 4 is 28.8 Å². The van der Waals surface area contributed by atoms with Crippen LogP contribution in [0.1, 0.15) is 5.56 Å². The molecular weight excluding hydrogens is 408 g/mol. The molecule has 0 aromatic heterocycles. The number of imide groups is 1. The predicted octanol–water partition coefficient (Wildman–Crippen LogP) is 4.11. The van der Waals surface area contributed by atoms with Gasteiger partial charge in [-0.25, -0.2) is 4.90 Å². The largest absolute Gasteiger partial charge is 0.497 e. The normalized spacial score (nSPS) is 13.4. The third kappa shape index (κ3) is 3.76. The summed E-state index contributed by atoms with van der Waals surface area (Å²) >= 11 is 0. The fraction of sp³-hybridized carbons (Fsp3) is 0.120. The molecule has 0 radical (unpaired) electrons. The lowest BCUT2D eigenvalue weighted by Gasteiger charge is -2.18. The second kappa shape index (κ2) is 8.85. The Bertz CT molecular complexity index is 1180. The number of nitrogens with one attached hydrogen (secondary N) is 1. The van der Waals surface area contributed by atoms with Crippen LogP contribution in [0.5, 0.6) is 17.2 Å². The van der Waals surface area contributed by atoms with Gasteiger partial charge in [-0.1, -0.05) is 42.5 Å². The average molecular weight is 430 g/mol. The molecule has 0 atom stereocenters. The zero-order valence-electron chi connectivity index (χ0n) is 17.9. The molecule has 4 rings (SSSR count). The van der Waals surface area contributed by atoms with E-state index >= 15 is 0 Å². The van der Waals surface area contributed by atoms with Crippen LogP contribution < -0.4 is 24.4 Å². The molecule has 1 N–H and O–H groups in total. The molecule has 32 heavy (non-hydrogen) atoms. The van der Waals surface area contributed by atoms with Gasteiger partial charge in [0.1, 0.15) is 22.9 Å². The molecule has 0 saturated heterocycles. The van der Waals surface area contributed by atoms with E-state index in [2.05, 4.69) is 5.32 Å². The maximum absolute atomic E-state index is 13.6. The number of hydrogen-bond donors (Lipinski definition) is 1. The van der Waals surface area contributed by atoms with Gasteiger partial charge in [-0.15, -0.1) is 0 Å². The topological polar surface area (TPSA) is 77.1 Å². The number of para-hydroxylation sites is 2. The zero-order chi connectivity index (χ0) is 22.7. The van der Waals surface area contributed by atoms with E-state index in [0.717, 1.165) is 4.90 Å². The van der Waals surface area contributed by atoms with Crippen LogP contribution in [0.25, 0.3) is 5.57 Å². The molecule has 3 aromatic carbocycles. The minimum Gasteiger partial charge on any atom is -0.497 e. The third-order valence-electron chi connectivity index (χ3n) is 5.11. The van der Waals surface area contributed by atoms with Gasteiger partial charge in [0.15, 0.2) is 0 Å². The molecule has 0 saturated carbocycles. The molecule has 1 aliphatic rings. The smallest absolute Gasteiger partial charge is 0.282 e. The maximum atomic E-state index is 13.6. The van der Waals surface area contributed by atoms with E-state index < -0.39 is 11.8 Å². The van der Waals surface area contributed by atoms with Gasteiger partial charge in [0.2, 0.25) is 0 Å². The van der Waals surface area contributed by atoms with Crippen LogP contribution in [-0.4, -0.2) is 33.1 Å². The summed E-state index contributed by atoms with van der Waals surface area (Å²) in [5.74, 6) is 0.540. The molecule has 162 valence electrons. The van der Waals surface area contributed by atoms with E-state index in [0.29, 0.717) is 34.2 Å². The Morgan fingerprint density at radius 2 is 1.34 bits per heavy atom. The van der Waals surface area contributed by atoms with E-state index in [-0.39, 0.29) is 11.3 Å². The van der Waals surface area contributed by atoms with Gasteiger partial charge in [0.25, 0.3) is 11.8 Å². The highest BCUT2D eigenvalue weighted by Gasteiger charge is 2.40. The molecule has 2 amide bonds. The number of methoxy groups -OCH3 is 3. The Hall–Kier alpha value is -4.26. The Morgan fingerprint density at radius 3 is 1.97 bits per heavy atom. The van der Waals surface area contributed by atoms with E-state index in [9.17, 15) is 9.59 Å². The van der Waals surface area contributed by atoms with Crippen molar-refractivity contribution in [2.45, 2.75) is 0 Å². The van der Waals surface area contributed by atoms with Crippen molar-refractivity contribution in [3.05, 3.63) is 84.1 Å². The molecule has 1 heterocycles. The monoisotopic (exact) mass is 430 g/mol. The van der Waals surface area contributed by atoms with Crippen LogP contribution in [0.15, 0.2) is 78.5 Å². The van der Waals surface area contributed by atoms with Gasteiger partial charge < -0.3 is 19.5 Å². The number of benzene rings is 3. The summed E-state index contributed by atoms with van der Waals surface area (Å²) in [6.45, 7) is 0. The highest BCUT2D eigenvalue weighted by atomic mass is 16.5. The molecule has 0 aliphatic carbocycles. The van der Waals surface area contributed by atoms with Crippen LogP contribution in [0.4, 0.5) is 11.4 Å². The highest BCUT2D eigenvalue weighted by Crippen LogP contribution is 2.37. The minimum atomic E-state index is -0.491. The summed E-state index contributed by atoms with van der Waals surface area (Å²) in [5, 5.41) is 3.13. The molecule has 0 fully saturated rings. The Balaban J connectivity index is 1.84. The summed E-state index contributed by atoms with van der Waals surface area (Å²) in [7, 11) is 4.56. The predicted molar refractivity (Wildman–Crippen MR) is 122 cm³/mol. The van der Waals surface area contributed by atoms with Crippen LogP contribution in [0, 0.1) is 0 Å². The van der Waals surface area contributed by atoms with Crippen molar-refractivity contribution in [3.8, 4) is 17.2 Å². The first-order valence-corrected chi connectivity index (χ1v) is 9.89. The van der Waals surface area contributed by atoms with Gasteiger partial charge in [-0.2, -0.15) is 0 Å². The van der Waals surface area contributed by atoms with Crippen LogP contribution in [0.2, 0.25) is 0 Å². The van der Waals surface area contributed by atoms with Crippen molar-refractivity contribution in [3.63, 3.8) is 0 Å². The lowest BCUT2D eigenvalue weighted by Crippen LogP contribution is -2.32. The van der Waals surface area contributed by atoms with Gasteiger partial charge in [-0.05, 0) is 17.7 Å². The molecule has 0 unspecified atom stereocenters. The van der Waals surface area contributed by atoms with Crippen molar-refractivity contribution < 1.29 is 23.8 Å². The minimum absolute atomic E-state index is 0.160. The summed E-state index contributed by atoms with van der Waals surface area (Å²) in [4.78, 5) is 28.2. The number of hydrogen-bond acceptors (Lipinski definition) is 6. The summed E-state index contributed by atoms with van der Waals surface area (Å²) < 4.78 is 16.0. The molecule has 0 spiro atoms.